The molecule has 0 aromatic heterocycles. The summed E-state index contributed by atoms with van der Waals surface area (Å²) in [5.74, 6) is 2.08. The maximum atomic E-state index is 11.6. The predicted molar refractivity (Wildman–Crippen MR) is 179 cm³/mol. The Morgan fingerprint density at radius 1 is 0.745 bits per heavy atom. The predicted octanol–water partition coefficient (Wildman–Crippen LogP) is 5.72. The summed E-state index contributed by atoms with van der Waals surface area (Å²) in [5.41, 5.74) is 1.61. The van der Waals surface area contributed by atoms with Crippen molar-refractivity contribution in [1.29, 1.82) is 0 Å². The highest BCUT2D eigenvalue weighted by Crippen LogP contribution is 2.41. The van der Waals surface area contributed by atoms with E-state index in [9.17, 15) is 20.2 Å². The third-order valence-corrected chi connectivity index (χ3v) is 10.0. The molecule has 0 aliphatic carbocycles. The fourth-order valence-electron chi connectivity index (χ4n) is 7.76. The van der Waals surface area contributed by atoms with Crippen molar-refractivity contribution in [2.45, 2.75) is 98.4 Å². The van der Waals surface area contributed by atoms with Crippen LogP contribution >= 0.6 is 11.6 Å². The molecule has 0 amide bonds. The summed E-state index contributed by atoms with van der Waals surface area (Å²) >= 11 is 5.93. The summed E-state index contributed by atoms with van der Waals surface area (Å²) in [4.78, 5) is 31.2. The first kappa shape index (κ1) is 36.7. The lowest BCUT2D eigenvalue weighted by Gasteiger charge is -2.41. The molecular formula is C33H51ClN6O7. The Hall–Kier alpha value is -3.13. The zero-order chi connectivity index (χ0) is 30.4. The second kappa shape index (κ2) is 15.4. The van der Waals surface area contributed by atoms with E-state index in [4.69, 9.17) is 25.8 Å². The molecule has 262 valence electrons. The van der Waals surface area contributed by atoms with Crippen LogP contribution in [0.1, 0.15) is 72.8 Å². The first-order chi connectivity index (χ1) is 21.4. The zero-order valence-electron chi connectivity index (χ0n) is 24.7. The Morgan fingerprint density at radius 2 is 1.28 bits per heavy atom. The van der Waals surface area contributed by atoms with Crippen molar-refractivity contribution in [1.82, 2.24) is 19.6 Å². The van der Waals surface area contributed by atoms with Crippen molar-refractivity contribution in [2.24, 2.45) is 5.92 Å². The van der Waals surface area contributed by atoms with Crippen molar-refractivity contribution >= 4 is 11.6 Å². The zero-order valence-corrected chi connectivity index (χ0v) is 25.5. The van der Waals surface area contributed by atoms with E-state index in [1.165, 1.54) is 0 Å². The molecular weight excluding hydrogens is 628 g/mol. The fraction of sp³-hybridized carbons (Fsp3) is 0.697. The van der Waals surface area contributed by atoms with E-state index in [1.807, 2.05) is 24.3 Å². The number of hydrogen-bond donors (Lipinski definition) is 0. The number of rotatable bonds is 6. The van der Waals surface area contributed by atoms with Crippen LogP contribution in [0.3, 0.4) is 0 Å². The average Bonchev–Trinajstić information content (AvgIpc) is 3.77. The van der Waals surface area contributed by atoms with Crippen LogP contribution in [-0.2, 0) is 20.8 Å². The Labute approximate surface area is 283 Å². The Morgan fingerprint density at radius 3 is 1.79 bits per heavy atom. The minimum absolute atomic E-state index is 0. The van der Waals surface area contributed by atoms with Gasteiger partial charge in [-0.2, -0.15) is 0 Å². The molecule has 5 saturated heterocycles. The van der Waals surface area contributed by atoms with Gasteiger partial charge in [-0.05, 0) is 62.6 Å². The fourth-order valence-corrected chi connectivity index (χ4v) is 7.88. The molecule has 0 saturated carbocycles. The molecule has 4 bridgehead atoms. The van der Waals surface area contributed by atoms with E-state index in [-0.39, 0.29) is 68.2 Å². The van der Waals surface area contributed by atoms with Gasteiger partial charge in [0.15, 0.2) is 23.8 Å². The highest BCUT2D eigenvalue weighted by atomic mass is 35.5. The number of fused-ring (bicyclic) bond motifs is 8. The van der Waals surface area contributed by atoms with Crippen LogP contribution in [-0.4, -0.2) is 100 Å². The van der Waals surface area contributed by atoms with Crippen molar-refractivity contribution in [2.75, 3.05) is 45.9 Å². The van der Waals surface area contributed by atoms with Gasteiger partial charge in [0.25, 0.3) is 0 Å². The molecule has 14 heteroatoms. The van der Waals surface area contributed by atoms with Crippen molar-refractivity contribution in [3.63, 3.8) is 0 Å². The third kappa shape index (κ3) is 7.18. The van der Waals surface area contributed by atoms with E-state index >= 15 is 0 Å². The maximum absolute atomic E-state index is 11.6. The summed E-state index contributed by atoms with van der Waals surface area (Å²) in [5, 5.41) is 23.9. The van der Waals surface area contributed by atoms with E-state index < -0.39 is 0 Å². The van der Waals surface area contributed by atoms with Gasteiger partial charge in [0.05, 0.1) is 16.5 Å². The molecule has 1 aromatic carbocycles. The topological polar surface area (TPSA) is 127 Å². The number of halogens is 1. The highest BCUT2D eigenvalue weighted by Gasteiger charge is 2.50. The average molecular weight is 679 g/mol. The van der Waals surface area contributed by atoms with Crippen molar-refractivity contribution < 1.29 is 24.1 Å². The van der Waals surface area contributed by atoms with Crippen LogP contribution < -0.4 is 0 Å². The van der Waals surface area contributed by atoms with E-state index in [2.05, 4.69) is 19.6 Å². The minimum Gasteiger partial charge on any atom is -0.381 e. The summed E-state index contributed by atoms with van der Waals surface area (Å²) in [7, 11) is 0. The van der Waals surface area contributed by atoms with Gasteiger partial charge < -0.3 is 33.8 Å². The number of hydrogen-bond acceptors (Lipinski definition) is 11. The Balaban J connectivity index is 0.000000201. The van der Waals surface area contributed by atoms with Gasteiger partial charge in [0.2, 0.25) is 0 Å². The molecule has 5 atom stereocenters. The first-order valence-electron chi connectivity index (χ1n) is 15.8. The lowest BCUT2D eigenvalue weighted by molar-refractivity contribution is -0.448. The largest absolute Gasteiger partial charge is 0.381 e. The Kier molecular flexibility index (Phi) is 12.0. The Bertz CT molecular complexity index is 1340. The second-order valence-corrected chi connectivity index (χ2v) is 13.0. The van der Waals surface area contributed by atoms with Crippen LogP contribution in [0.2, 0.25) is 5.02 Å². The molecule has 0 radical (unpaired) electrons. The van der Waals surface area contributed by atoms with E-state index in [0.29, 0.717) is 17.5 Å². The third-order valence-electron chi connectivity index (χ3n) is 9.79. The van der Waals surface area contributed by atoms with Crippen LogP contribution in [0, 0.1) is 26.1 Å². The second-order valence-electron chi connectivity index (χ2n) is 12.6. The van der Waals surface area contributed by atoms with Crippen LogP contribution in [0.15, 0.2) is 47.3 Å². The number of nitrogens with zero attached hydrogens (tertiary/aromatic N) is 6. The highest BCUT2D eigenvalue weighted by molar-refractivity contribution is 6.30. The molecule has 1 aromatic rings. The first-order valence-corrected chi connectivity index (χ1v) is 16.2. The van der Waals surface area contributed by atoms with Crippen LogP contribution in [0.5, 0.6) is 0 Å². The molecule has 7 aliphatic heterocycles. The summed E-state index contributed by atoms with van der Waals surface area (Å²) in [6.45, 7) is 6.36. The summed E-state index contributed by atoms with van der Waals surface area (Å²) in [6.07, 6.45) is 5.79. The van der Waals surface area contributed by atoms with Gasteiger partial charge in [-0.3, -0.25) is 20.2 Å². The molecule has 7 aliphatic rings. The molecule has 8 rings (SSSR count). The molecule has 5 fully saturated rings. The van der Waals surface area contributed by atoms with Gasteiger partial charge in [0.1, 0.15) is 12.5 Å². The maximum Gasteiger partial charge on any atom is 0.314 e. The molecule has 1 unspecified atom stereocenters. The van der Waals surface area contributed by atoms with Gasteiger partial charge in [0, 0.05) is 56.8 Å². The standard InChI is InChI=1S/C16H18ClN3O3.C14H21N3O4.3CH4/c17-12-6-4-11(5-7-12)10-18-8-9-19-14-3-1-2-13(23-14)15(16(18)19)20(21)22;18-17(19)13-11-2-1-3-12(21-11)16-6-5-15(14(13)16)8-10-4-7-20-9-10;;;/h4-7,13-14H,1-3,8-10H2;10-12H,1-9H2;3*1H4/t13-,14+;10?,11-,12+;;;/m00.../s1. The lowest BCUT2D eigenvalue weighted by atomic mass is 10.0. The van der Waals surface area contributed by atoms with Crippen molar-refractivity contribution in [3.8, 4) is 0 Å². The summed E-state index contributed by atoms with van der Waals surface area (Å²) < 4.78 is 17.2. The van der Waals surface area contributed by atoms with Crippen molar-refractivity contribution in [3.05, 3.63) is 78.1 Å². The molecule has 13 nitrogen and oxygen atoms in total. The lowest BCUT2D eigenvalue weighted by Crippen LogP contribution is -2.49. The minimum atomic E-state index is -0.374. The summed E-state index contributed by atoms with van der Waals surface area (Å²) in [6, 6.07) is 7.65. The number of benzene rings is 1. The molecule has 0 N–H and O–H groups in total. The smallest absolute Gasteiger partial charge is 0.314 e. The SMILES string of the molecule is C.C.C.O=[N+]([O-])C1=C2N(CC3CCOC3)CCN2[C@H]2CCC[C@@H]1O2.O=[N+]([O-])C1=C2N(Cc3ccc(Cl)cc3)CCN2[C@H]2CCC[C@@H]1O2. The quantitative estimate of drug-likeness (QED) is 0.271. The molecule has 47 heavy (non-hydrogen) atoms. The van der Waals surface area contributed by atoms with Crippen LogP contribution in [0.4, 0.5) is 0 Å². The van der Waals surface area contributed by atoms with Gasteiger partial charge in [-0.1, -0.05) is 46.0 Å². The molecule has 7 heterocycles. The van der Waals surface area contributed by atoms with E-state index in [0.717, 1.165) is 108 Å². The van der Waals surface area contributed by atoms with Crippen LogP contribution in [0.25, 0.3) is 0 Å². The number of nitro groups is 2. The van der Waals surface area contributed by atoms with Gasteiger partial charge in [-0.15, -0.1) is 0 Å². The monoisotopic (exact) mass is 678 g/mol. The van der Waals surface area contributed by atoms with E-state index in [1.54, 1.807) is 0 Å². The number of ether oxygens (including phenoxy) is 3. The normalized spacial score (nSPS) is 28.7. The molecule has 0 spiro atoms. The van der Waals surface area contributed by atoms with Gasteiger partial charge >= 0.3 is 11.4 Å². The van der Waals surface area contributed by atoms with Gasteiger partial charge in [-0.25, -0.2) is 0 Å².